The van der Waals surface area contributed by atoms with Crippen molar-refractivity contribution in [2.75, 3.05) is 30.0 Å². The first kappa shape index (κ1) is 30.1. The van der Waals surface area contributed by atoms with E-state index in [1.54, 1.807) is 11.8 Å². The Morgan fingerprint density at radius 3 is 2.50 bits per heavy atom. The van der Waals surface area contributed by atoms with Crippen molar-refractivity contribution in [3.05, 3.63) is 65.2 Å². The second kappa shape index (κ2) is 15.9. The Balaban J connectivity index is 1.65. The summed E-state index contributed by atoms with van der Waals surface area (Å²) in [4.78, 5) is 23.4. The van der Waals surface area contributed by atoms with E-state index in [0.717, 1.165) is 41.7 Å². The smallest absolute Gasteiger partial charge is 0.224 e. The first-order chi connectivity index (χ1) is 18.4. The van der Waals surface area contributed by atoms with E-state index in [2.05, 4.69) is 17.6 Å². The SMILES string of the molecule is CC(=O)NCCCCCC(=O)Nc1cccc([C@H]2O[C@@H](CSCCO)[C@@H](C)[C@@H](c3ccc(CO)cc3)O2)c1. The van der Waals surface area contributed by atoms with Gasteiger partial charge < -0.3 is 30.3 Å². The number of carbonyl (C=O) groups excluding carboxylic acids is 2. The summed E-state index contributed by atoms with van der Waals surface area (Å²) in [6.07, 6.45) is 1.96. The van der Waals surface area contributed by atoms with Gasteiger partial charge in [0, 0.05) is 48.6 Å². The summed E-state index contributed by atoms with van der Waals surface area (Å²) < 4.78 is 12.9. The Morgan fingerprint density at radius 1 is 1.00 bits per heavy atom. The number of ether oxygens (including phenoxy) is 2. The van der Waals surface area contributed by atoms with Gasteiger partial charge in [0.05, 0.1) is 25.4 Å². The highest BCUT2D eigenvalue weighted by Crippen LogP contribution is 2.42. The van der Waals surface area contributed by atoms with Gasteiger partial charge in [0.25, 0.3) is 0 Å². The van der Waals surface area contributed by atoms with Gasteiger partial charge in [0.15, 0.2) is 6.29 Å². The van der Waals surface area contributed by atoms with Crippen LogP contribution in [0.2, 0.25) is 0 Å². The number of aliphatic hydroxyl groups excluding tert-OH is 2. The quantitative estimate of drug-likeness (QED) is 0.262. The molecule has 0 aromatic heterocycles. The summed E-state index contributed by atoms with van der Waals surface area (Å²) in [5.41, 5.74) is 3.37. The van der Waals surface area contributed by atoms with E-state index in [-0.39, 0.29) is 43.2 Å². The van der Waals surface area contributed by atoms with Crippen molar-refractivity contribution in [3.63, 3.8) is 0 Å². The maximum atomic E-state index is 12.5. The summed E-state index contributed by atoms with van der Waals surface area (Å²) >= 11 is 1.65. The van der Waals surface area contributed by atoms with Crippen LogP contribution in [0.25, 0.3) is 0 Å². The first-order valence-electron chi connectivity index (χ1n) is 13.2. The van der Waals surface area contributed by atoms with Crippen LogP contribution < -0.4 is 10.6 Å². The number of amides is 2. The van der Waals surface area contributed by atoms with Crippen molar-refractivity contribution >= 4 is 29.3 Å². The van der Waals surface area contributed by atoms with Crippen molar-refractivity contribution in [2.45, 2.75) is 64.6 Å². The third-order valence-corrected chi connectivity index (χ3v) is 7.57. The molecule has 3 rings (SSSR count). The Kier molecular flexibility index (Phi) is 12.6. The molecule has 2 aromatic carbocycles. The molecule has 0 aliphatic carbocycles. The molecule has 1 aliphatic rings. The molecule has 1 saturated heterocycles. The summed E-state index contributed by atoms with van der Waals surface area (Å²) in [6.45, 7) is 4.35. The standard InChI is InChI=1S/C29H40N2O6S/c1-20-26(19-38-16-15-32)36-29(37-28(20)23-12-10-22(18-33)11-13-23)24-7-6-8-25(17-24)31-27(35)9-4-3-5-14-30-21(2)34/h6-8,10-13,17,20,26,28-29,32-33H,3-5,9,14-16,18-19H2,1-2H3,(H,30,34)(H,31,35)/t20-,26+,28+,29+/m1/s1. The van der Waals surface area contributed by atoms with Crippen molar-refractivity contribution in [3.8, 4) is 0 Å². The van der Waals surface area contributed by atoms with E-state index in [1.807, 2.05) is 48.5 Å². The number of hydrogen-bond acceptors (Lipinski definition) is 7. The summed E-state index contributed by atoms with van der Waals surface area (Å²) in [6, 6.07) is 15.3. The number of carbonyl (C=O) groups is 2. The van der Waals surface area contributed by atoms with Gasteiger partial charge in [-0.3, -0.25) is 9.59 Å². The van der Waals surface area contributed by atoms with Crippen LogP contribution in [-0.4, -0.2) is 52.8 Å². The zero-order valence-electron chi connectivity index (χ0n) is 22.2. The lowest BCUT2D eigenvalue weighted by Gasteiger charge is -2.41. The van der Waals surface area contributed by atoms with Crippen LogP contribution in [0, 0.1) is 5.92 Å². The minimum atomic E-state index is -0.612. The zero-order chi connectivity index (χ0) is 27.3. The fraction of sp³-hybridized carbons (Fsp3) is 0.517. The van der Waals surface area contributed by atoms with Crippen LogP contribution >= 0.6 is 11.8 Å². The Bertz CT molecular complexity index is 1020. The molecule has 4 N–H and O–H groups in total. The van der Waals surface area contributed by atoms with Crippen LogP contribution in [0.3, 0.4) is 0 Å². The van der Waals surface area contributed by atoms with Gasteiger partial charge in [0.1, 0.15) is 0 Å². The second-order valence-corrected chi connectivity index (χ2v) is 10.7. The Labute approximate surface area is 229 Å². The third kappa shape index (κ3) is 9.39. The van der Waals surface area contributed by atoms with Gasteiger partial charge in [0.2, 0.25) is 11.8 Å². The second-order valence-electron chi connectivity index (χ2n) is 9.59. The van der Waals surface area contributed by atoms with Gasteiger partial charge in [-0.15, -0.1) is 0 Å². The molecule has 9 heteroatoms. The molecule has 1 aliphatic heterocycles. The van der Waals surface area contributed by atoms with E-state index in [1.165, 1.54) is 6.92 Å². The van der Waals surface area contributed by atoms with E-state index < -0.39 is 6.29 Å². The number of rotatable bonds is 14. The Morgan fingerprint density at radius 2 is 1.79 bits per heavy atom. The van der Waals surface area contributed by atoms with Gasteiger partial charge in [-0.25, -0.2) is 0 Å². The summed E-state index contributed by atoms with van der Waals surface area (Å²) in [7, 11) is 0. The first-order valence-corrected chi connectivity index (χ1v) is 14.4. The average molecular weight is 545 g/mol. The zero-order valence-corrected chi connectivity index (χ0v) is 23.0. The molecule has 2 aromatic rings. The fourth-order valence-electron chi connectivity index (χ4n) is 4.41. The molecule has 0 unspecified atom stereocenters. The number of thioether (sulfide) groups is 1. The molecule has 0 bridgehead atoms. The van der Waals surface area contributed by atoms with Gasteiger partial charge in [-0.05, 0) is 36.1 Å². The minimum absolute atomic E-state index is 0.0108. The fourth-order valence-corrected chi connectivity index (χ4v) is 5.32. The molecule has 0 spiro atoms. The molecule has 2 amide bonds. The van der Waals surface area contributed by atoms with Crippen LogP contribution in [0.15, 0.2) is 48.5 Å². The molecule has 8 nitrogen and oxygen atoms in total. The number of nitrogens with one attached hydrogen (secondary N) is 2. The number of unbranched alkanes of at least 4 members (excludes halogenated alkanes) is 2. The number of hydrogen-bond donors (Lipinski definition) is 4. The van der Waals surface area contributed by atoms with E-state index in [0.29, 0.717) is 24.4 Å². The van der Waals surface area contributed by atoms with Crippen LogP contribution in [0.1, 0.15) is 68.6 Å². The number of aliphatic hydroxyl groups is 2. The monoisotopic (exact) mass is 544 g/mol. The van der Waals surface area contributed by atoms with Crippen molar-refractivity contribution in [1.29, 1.82) is 0 Å². The lowest BCUT2D eigenvalue weighted by atomic mass is 9.91. The van der Waals surface area contributed by atoms with E-state index in [4.69, 9.17) is 9.47 Å². The van der Waals surface area contributed by atoms with Gasteiger partial charge >= 0.3 is 0 Å². The van der Waals surface area contributed by atoms with E-state index in [9.17, 15) is 19.8 Å². The molecular weight excluding hydrogens is 504 g/mol. The molecule has 38 heavy (non-hydrogen) atoms. The topological polar surface area (TPSA) is 117 Å². The number of anilines is 1. The van der Waals surface area contributed by atoms with Crippen molar-refractivity contribution in [1.82, 2.24) is 5.32 Å². The predicted molar refractivity (Wildman–Crippen MR) is 150 cm³/mol. The van der Waals surface area contributed by atoms with Crippen LogP contribution in [-0.2, 0) is 25.7 Å². The molecule has 1 fully saturated rings. The summed E-state index contributed by atoms with van der Waals surface area (Å²) in [5, 5.41) is 24.4. The molecule has 0 radical (unpaired) electrons. The summed E-state index contributed by atoms with van der Waals surface area (Å²) in [5.74, 6) is 1.35. The highest BCUT2D eigenvalue weighted by molar-refractivity contribution is 7.99. The van der Waals surface area contributed by atoms with Crippen LogP contribution in [0.4, 0.5) is 5.69 Å². The predicted octanol–water partition coefficient (Wildman–Crippen LogP) is 4.33. The highest BCUT2D eigenvalue weighted by atomic mass is 32.2. The Hall–Kier alpha value is -2.43. The van der Waals surface area contributed by atoms with Crippen LogP contribution in [0.5, 0.6) is 0 Å². The maximum Gasteiger partial charge on any atom is 0.224 e. The molecular formula is C29H40N2O6S. The highest BCUT2D eigenvalue weighted by Gasteiger charge is 2.38. The lowest BCUT2D eigenvalue weighted by molar-refractivity contribution is -0.268. The largest absolute Gasteiger partial charge is 0.396 e. The van der Waals surface area contributed by atoms with E-state index >= 15 is 0 Å². The molecule has 1 heterocycles. The minimum Gasteiger partial charge on any atom is -0.396 e. The number of benzene rings is 2. The average Bonchev–Trinajstić information content (AvgIpc) is 2.91. The molecule has 0 saturated carbocycles. The molecule has 208 valence electrons. The van der Waals surface area contributed by atoms with Gasteiger partial charge in [-0.1, -0.05) is 49.7 Å². The molecule has 4 atom stereocenters. The lowest BCUT2D eigenvalue weighted by Crippen LogP contribution is -2.38. The normalized spacial score (nSPS) is 21.2. The van der Waals surface area contributed by atoms with Crippen molar-refractivity contribution in [2.24, 2.45) is 5.92 Å². The third-order valence-electron chi connectivity index (χ3n) is 6.54. The van der Waals surface area contributed by atoms with Crippen molar-refractivity contribution < 1.29 is 29.3 Å². The maximum absolute atomic E-state index is 12.5. The van der Waals surface area contributed by atoms with Gasteiger partial charge in [-0.2, -0.15) is 11.8 Å².